The maximum atomic E-state index is 13.1. The number of para-hydroxylation sites is 2. The van der Waals surface area contributed by atoms with Crippen molar-refractivity contribution < 1.29 is 8.78 Å². The topological polar surface area (TPSA) is 17.8 Å². The molecule has 1 aliphatic rings. The molecule has 0 amide bonds. The van der Waals surface area contributed by atoms with Crippen molar-refractivity contribution >= 4 is 11.0 Å². The van der Waals surface area contributed by atoms with E-state index in [0.29, 0.717) is 18.8 Å². The van der Waals surface area contributed by atoms with Crippen molar-refractivity contribution in [3.63, 3.8) is 0 Å². The quantitative estimate of drug-likeness (QED) is 0.791. The van der Waals surface area contributed by atoms with Gasteiger partial charge >= 0.3 is 0 Å². The summed E-state index contributed by atoms with van der Waals surface area (Å²) in [5.74, 6) is -2.09. The van der Waals surface area contributed by atoms with Gasteiger partial charge in [0.1, 0.15) is 0 Å². The molecule has 0 spiro atoms. The summed E-state index contributed by atoms with van der Waals surface area (Å²) >= 11 is 0. The van der Waals surface area contributed by atoms with E-state index in [1.165, 1.54) is 0 Å². The summed E-state index contributed by atoms with van der Waals surface area (Å²) in [6.45, 7) is 0.802. The van der Waals surface area contributed by atoms with Crippen LogP contribution in [0, 0.1) is 5.92 Å². The Morgan fingerprint density at radius 1 is 1.22 bits per heavy atom. The average molecular weight is 250 g/mol. The summed E-state index contributed by atoms with van der Waals surface area (Å²) in [5.41, 5.74) is 2.06. The Kier molecular flexibility index (Phi) is 2.80. The second-order valence-electron chi connectivity index (χ2n) is 5.18. The summed E-state index contributed by atoms with van der Waals surface area (Å²) in [6.07, 6.45) is 3.10. The molecule has 0 unspecified atom stereocenters. The third kappa shape index (κ3) is 2.24. The third-order valence-electron chi connectivity index (χ3n) is 3.82. The van der Waals surface area contributed by atoms with E-state index >= 15 is 0 Å². The molecule has 4 heteroatoms. The number of halogens is 2. The van der Waals surface area contributed by atoms with Crippen molar-refractivity contribution in [1.29, 1.82) is 0 Å². The Bertz CT molecular complexity index is 537. The fraction of sp³-hybridized carbons (Fsp3) is 0.500. The number of imidazole rings is 1. The van der Waals surface area contributed by atoms with E-state index in [9.17, 15) is 8.78 Å². The molecule has 2 aromatic rings. The van der Waals surface area contributed by atoms with Gasteiger partial charge < -0.3 is 4.57 Å². The Morgan fingerprint density at radius 2 is 1.94 bits per heavy atom. The van der Waals surface area contributed by atoms with Gasteiger partial charge in [0, 0.05) is 19.4 Å². The molecule has 1 fully saturated rings. The van der Waals surface area contributed by atoms with Gasteiger partial charge in [-0.15, -0.1) is 0 Å². The molecular formula is C14H16F2N2. The summed E-state index contributed by atoms with van der Waals surface area (Å²) in [6, 6.07) is 7.94. The van der Waals surface area contributed by atoms with Gasteiger partial charge in [-0.2, -0.15) is 0 Å². The molecule has 0 N–H and O–H groups in total. The second-order valence-corrected chi connectivity index (χ2v) is 5.18. The number of aromatic nitrogens is 2. The van der Waals surface area contributed by atoms with Gasteiger partial charge in [0.15, 0.2) is 0 Å². The van der Waals surface area contributed by atoms with Crippen LogP contribution < -0.4 is 0 Å². The third-order valence-corrected chi connectivity index (χ3v) is 3.82. The Morgan fingerprint density at radius 3 is 2.72 bits per heavy atom. The van der Waals surface area contributed by atoms with Crippen LogP contribution in [0.1, 0.15) is 25.7 Å². The Hall–Kier alpha value is -1.45. The van der Waals surface area contributed by atoms with Crippen LogP contribution in [0.3, 0.4) is 0 Å². The van der Waals surface area contributed by atoms with Crippen molar-refractivity contribution in [2.24, 2.45) is 5.92 Å². The molecule has 96 valence electrons. The van der Waals surface area contributed by atoms with Crippen molar-refractivity contribution in [3.8, 4) is 0 Å². The maximum absolute atomic E-state index is 13.1. The first-order valence-corrected chi connectivity index (χ1v) is 6.42. The number of benzene rings is 1. The lowest BCUT2D eigenvalue weighted by Crippen LogP contribution is -2.26. The van der Waals surface area contributed by atoms with Crippen LogP contribution in [0.2, 0.25) is 0 Å². The van der Waals surface area contributed by atoms with Crippen molar-refractivity contribution in [2.45, 2.75) is 38.2 Å². The molecule has 3 rings (SSSR count). The summed E-state index contributed by atoms with van der Waals surface area (Å²) in [5, 5.41) is 0. The highest BCUT2D eigenvalue weighted by Crippen LogP contribution is 2.36. The molecular weight excluding hydrogens is 234 g/mol. The molecule has 1 saturated carbocycles. The van der Waals surface area contributed by atoms with Gasteiger partial charge in [0.2, 0.25) is 5.92 Å². The molecule has 1 heterocycles. The van der Waals surface area contributed by atoms with Gasteiger partial charge in [-0.05, 0) is 30.9 Å². The predicted molar refractivity (Wildman–Crippen MR) is 66.6 cm³/mol. The largest absolute Gasteiger partial charge is 0.330 e. The zero-order valence-electron chi connectivity index (χ0n) is 10.1. The number of hydrogen-bond donors (Lipinski definition) is 0. The minimum absolute atomic E-state index is 0.0320. The monoisotopic (exact) mass is 250 g/mol. The SMILES string of the molecule is FC1(F)CCC(Cn2cnc3ccccc32)CC1. The van der Waals surface area contributed by atoms with E-state index in [2.05, 4.69) is 9.55 Å². The minimum atomic E-state index is -2.44. The summed E-state index contributed by atoms with van der Waals surface area (Å²) in [4.78, 5) is 4.33. The summed E-state index contributed by atoms with van der Waals surface area (Å²) in [7, 11) is 0. The maximum Gasteiger partial charge on any atom is 0.248 e. The molecule has 0 bridgehead atoms. The number of hydrogen-bond acceptors (Lipinski definition) is 1. The zero-order valence-corrected chi connectivity index (χ0v) is 10.1. The second kappa shape index (κ2) is 4.34. The highest BCUT2D eigenvalue weighted by Gasteiger charge is 2.34. The first kappa shape index (κ1) is 11.6. The van der Waals surface area contributed by atoms with Crippen molar-refractivity contribution in [1.82, 2.24) is 9.55 Å². The van der Waals surface area contributed by atoms with E-state index < -0.39 is 5.92 Å². The smallest absolute Gasteiger partial charge is 0.248 e. The van der Waals surface area contributed by atoms with Crippen molar-refractivity contribution in [3.05, 3.63) is 30.6 Å². The van der Waals surface area contributed by atoms with Crippen LogP contribution in [0.25, 0.3) is 11.0 Å². The number of fused-ring (bicyclic) bond motifs is 1. The van der Waals surface area contributed by atoms with E-state index in [-0.39, 0.29) is 12.8 Å². The number of nitrogens with zero attached hydrogens (tertiary/aromatic N) is 2. The van der Waals surface area contributed by atoms with Gasteiger partial charge in [-0.25, -0.2) is 13.8 Å². The van der Waals surface area contributed by atoms with E-state index in [0.717, 1.165) is 17.6 Å². The molecule has 1 aromatic carbocycles. The number of rotatable bonds is 2. The van der Waals surface area contributed by atoms with Crippen LogP contribution in [-0.2, 0) is 6.54 Å². The number of alkyl halides is 2. The molecule has 1 aromatic heterocycles. The highest BCUT2D eigenvalue weighted by molar-refractivity contribution is 5.74. The zero-order chi connectivity index (χ0) is 12.6. The molecule has 0 atom stereocenters. The van der Waals surface area contributed by atoms with Gasteiger partial charge in [0.25, 0.3) is 0 Å². The van der Waals surface area contributed by atoms with Gasteiger partial charge in [0.05, 0.1) is 17.4 Å². The van der Waals surface area contributed by atoms with Crippen LogP contribution in [0.4, 0.5) is 8.78 Å². The van der Waals surface area contributed by atoms with Crippen molar-refractivity contribution in [2.75, 3.05) is 0 Å². The van der Waals surface area contributed by atoms with Gasteiger partial charge in [-0.1, -0.05) is 12.1 Å². The lowest BCUT2D eigenvalue weighted by molar-refractivity contribution is -0.0472. The normalized spacial score (nSPS) is 20.3. The Labute approximate surface area is 105 Å². The molecule has 18 heavy (non-hydrogen) atoms. The van der Waals surface area contributed by atoms with E-state index in [1.807, 2.05) is 30.6 Å². The molecule has 0 radical (unpaired) electrons. The van der Waals surface area contributed by atoms with Crippen LogP contribution >= 0.6 is 0 Å². The fourth-order valence-electron chi connectivity index (χ4n) is 2.72. The predicted octanol–water partition coefficient (Wildman–Crippen LogP) is 3.86. The first-order chi connectivity index (χ1) is 8.64. The molecule has 2 nitrogen and oxygen atoms in total. The lowest BCUT2D eigenvalue weighted by atomic mass is 9.87. The molecule has 0 saturated heterocycles. The Balaban J connectivity index is 1.74. The van der Waals surface area contributed by atoms with Crippen LogP contribution in [0.5, 0.6) is 0 Å². The molecule has 0 aliphatic heterocycles. The van der Waals surface area contributed by atoms with Gasteiger partial charge in [-0.3, -0.25) is 0 Å². The lowest BCUT2D eigenvalue weighted by Gasteiger charge is -2.28. The van der Waals surface area contributed by atoms with Crippen LogP contribution in [-0.4, -0.2) is 15.5 Å². The standard InChI is InChI=1S/C14H16F2N2/c15-14(16)7-5-11(6-8-14)9-18-10-17-12-3-1-2-4-13(12)18/h1-4,10-11H,5-9H2. The minimum Gasteiger partial charge on any atom is -0.330 e. The van der Waals surface area contributed by atoms with Crippen LogP contribution in [0.15, 0.2) is 30.6 Å². The first-order valence-electron chi connectivity index (χ1n) is 6.42. The van der Waals surface area contributed by atoms with E-state index in [1.54, 1.807) is 0 Å². The molecule has 1 aliphatic carbocycles. The summed E-state index contributed by atoms with van der Waals surface area (Å²) < 4.78 is 28.3. The highest BCUT2D eigenvalue weighted by atomic mass is 19.3. The average Bonchev–Trinajstić information content (AvgIpc) is 2.76. The van der Waals surface area contributed by atoms with E-state index in [4.69, 9.17) is 0 Å². The fourth-order valence-corrected chi connectivity index (χ4v) is 2.72.